The quantitative estimate of drug-likeness (QED) is 0.336. The van der Waals surface area contributed by atoms with Gasteiger partial charge in [0, 0.05) is 24.8 Å². The molecule has 1 aliphatic heterocycles. The summed E-state index contributed by atoms with van der Waals surface area (Å²) in [4.78, 5) is 38.7. The first-order valence-electron chi connectivity index (χ1n) is 11.7. The van der Waals surface area contributed by atoms with Crippen molar-refractivity contribution in [2.24, 2.45) is 0 Å². The molecule has 0 saturated carbocycles. The lowest BCUT2D eigenvalue weighted by Gasteiger charge is -2.34. The van der Waals surface area contributed by atoms with Crippen molar-refractivity contribution in [3.8, 4) is 5.75 Å². The van der Waals surface area contributed by atoms with E-state index >= 15 is 0 Å². The second-order valence-electron chi connectivity index (χ2n) is 7.96. The second-order valence-corrected chi connectivity index (χ2v) is 7.96. The summed E-state index contributed by atoms with van der Waals surface area (Å²) in [6.07, 6.45) is 6.12. The number of rotatable bonds is 14. The normalized spacial score (nSPS) is 15.8. The number of amides is 2. The van der Waals surface area contributed by atoms with Crippen LogP contribution in [0.25, 0.3) is 0 Å². The average Bonchev–Trinajstić information content (AvgIpc) is 2.79. The van der Waals surface area contributed by atoms with Crippen molar-refractivity contribution >= 4 is 23.5 Å². The highest BCUT2D eigenvalue weighted by atomic mass is 16.5. The van der Waals surface area contributed by atoms with Gasteiger partial charge in [-0.1, -0.05) is 45.6 Å². The Hall–Kier alpha value is -2.77. The maximum atomic E-state index is 12.8. The summed E-state index contributed by atoms with van der Waals surface area (Å²) < 4.78 is 11.0. The topological polar surface area (TPSA) is 97.0 Å². The van der Waals surface area contributed by atoms with Crippen LogP contribution >= 0.6 is 0 Å². The van der Waals surface area contributed by atoms with Gasteiger partial charge in [0.2, 0.25) is 11.8 Å². The van der Waals surface area contributed by atoms with Crippen LogP contribution in [0, 0.1) is 0 Å². The lowest BCUT2D eigenvalue weighted by Crippen LogP contribution is -2.58. The van der Waals surface area contributed by atoms with Crippen LogP contribution in [0.1, 0.15) is 58.8 Å². The third kappa shape index (κ3) is 8.77. The molecule has 2 rings (SSSR count). The van der Waals surface area contributed by atoms with Gasteiger partial charge in [-0.05, 0) is 25.0 Å². The van der Waals surface area contributed by atoms with Gasteiger partial charge in [0.25, 0.3) is 0 Å². The van der Waals surface area contributed by atoms with Crippen molar-refractivity contribution < 1.29 is 23.9 Å². The molecule has 8 nitrogen and oxygen atoms in total. The molecule has 1 unspecified atom stereocenters. The molecule has 1 heterocycles. The minimum Gasteiger partial charge on any atom is -0.494 e. The smallest absolute Gasteiger partial charge is 0.308 e. The van der Waals surface area contributed by atoms with Crippen LogP contribution in [0.5, 0.6) is 5.75 Å². The van der Waals surface area contributed by atoms with E-state index in [-0.39, 0.29) is 24.8 Å². The lowest BCUT2D eigenvalue weighted by atomic mass is 10.1. The molecule has 2 N–H and O–H groups in total. The molecular weight excluding hydrogens is 410 g/mol. The number of carbonyl (C=O) groups excluding carboxylic acids is 3. The van der Waals surface area contributed by atoms with Crippen molar-refractivity contribution in [3.63, 3.8) is 0 Å². The number of benzene rings is 1. The van der Waals surface area contributed by atoms with Gasteiger partial charge in [-0.2, -0.15) is 0 Å². The highest BCUT2D eigenvalue weighted by Crippen LogP contribution is 2.18. The third-order valence-electron chi connectivity index (χ3n) is 5.32. The fourth-order valence-corrected chi connectivity index (χ4v) is 3.46. The number of esters is 1. The Morgan fingerprint density at radius 2 is 1.94 bits per heavy atom. The summed E-state index contributed by atoms with van der Waals surface area (Å²) >= 11 is 0. The predicted molar refractivity (Wildman–Crippen MR) is 124 cm³/mol. The average molecular weight is 448 g/mol. The molecule has 0 bridgehead atoms. The summed E-state index contributed by atoms with van der Waals surface area (Å²) in [5.41, 5.74) is 0.765. The number of hydrogen-bond donors (Lipinski definition) is 2. The first kappa shape index (κ1) is 25.5. The number of nitrogens with zero attached hydrogens (tertiary/aromatic N) is 1. The molecule has 0 radical (unpaired) electrons. The standard InChI is InChI=1S/C24H37N3O5/c1-3-5-7-8-15-31-20-11-9-10-19(16-20)26-18-22(28)27-13-12-25-24(30)21(27)17-23(29)32-14-6-4-2/h9-11,16,21,26H,3-8,12-15,17-18H2,1-2H3,(H,25,30). The van der Waals surface area contributed by atoms with E-state index in [1.54, 1.807) is 0 Å². The van der Waals surface area contributed by atoms with Crippen molar-refractivity contribution in [2.45, 2.75) is 64.8 Å². The zero-order valence-corrected chi connectivity index (χ0v) is 19.4. The minimum absolute atomic E-state index is 0.0224. The van der Waals surface area contributed by atoms with Gasteiger partial charge in [0.15, 0.2) is 0 Å². The van der Waals surface area contributed by atoms with Crippen molar-refractivity contribution in [3.05, 3.63) is 24.3 Å². The molecule has 1 saturated heterocycles. The Bertz CT molecular complexity index is 740. The number of hydrogen-bond acceptors (Lipinski definition) is 6. The molecule has 0 aliphatic carbocycles. The monoisotopic (exact) mass is 447 g/mol. The van der Waals surface area contributed by atoms with E-state index in [9.17, 15) is 14.4 Å². The number of carbonyl (C=O) groups is 3. The molecule has 1 atom stereocenters. The molecule has 1 aliphatic rings. The lowest BCUT2D eigenvalue weighted by molar-refractivity contribution is -0.151. The van der Waals surface area contributed by atoms with E-state index in [4.69, 9.17) is 9.47 Å². The molecule has 1 fully saturated rings. The highest BCUT2D eigenvalue weighted by molar-refractivity contribution is 5.93. The summed E-state index contributed by atoms with van der Waals surface area (Å²) in [5.74, 6) is -0.272. The van der Waals surface area contributed by atoms with E-state index in [2.05, 4.69) is 17.6 Å². The SMILES string of the molecule is CCCCCCOc1cccc(NCC(=O)N2CCNC(=O)C2CC(=O)OCCCC)c1. The summed E-state index contributed by atoms with van der Waals surface area (Å²) in [7, 11) is 0. The molecule has 2 amide bonds. The van der Waals surface area contributed by atoms with E-state index in [1.165, 1.54) is 17.7 Å². The van der Waals surface area contributed by atoms with E-state index in [1.807, 2.05) is 31.2 Å². The van der Waals surface area contributed by atoms with Crippen molar-refractivity contribution in [1.29, 1.82) is 0 Å². The van der Waals surface area contributed by atoms with Crippen molar-refractivity contribution in [1.82, 2.24) is 10.2 Å². The maximum absolute atomic E-state index is 12.8. The number of anilines is 1. The van der Waals surface area contributed by atoms with Crippen LogP contribution in [0.2, 0.25) is 0 Å². The largest absolute Gasteiger partial charge is 0.494 e. The Morgan fingerprint density at radius 1 is 1.12 bits per heavy atom. The van der Waals surface area contributed by atoms with Gasteiger partial charge in [-0.15, -0.1) is 0 Å². The molecule has 178 valence electrons. The fourth-order valence-electron chi connectivity index (χ4n) is 3.46. The molecular formula is C24H37N3O5. The van der Waals surface area contributed by atoms with Gasteiger partial charge in [0.05, 0.1) is 26.2 Å². The Morgan fingerprint density at radius 3 is 2.72 bits per heavy atom. The molecule has 32 heavy (non-hydrogen) atoms. The minimum atomic E-state index is -0.843. The van der Waals surface area contributed by atoms with Gasteiger partial charge in [0.1, 0.15) is 11.8 Å². The van der Waals surface area contributed by atoms with Crippen LogP contribution in [-0.2, 0) is 19.1 Å². The van der Waals surface area contributed by atoms with Crippen molar-refractivity contribution in [2.75, 3.05) is 38.2 Å². The van der Waals surface area contributed by atoms with Crippen LogP contribution in [-0.4, -0.2) is 61.6 Å². The summed E-state index contributed by atoms with van der Waals surface area (Å²) in [6, 6.07) is 6.64. The first-order chi connectivity index (χ1) is 15.5. The Labute approximate surface area is 191 Å². The number of ether oxygens (including phenoxy) is 2. The molecule has 0 spiro atoms. The Kier molecular flexibility index (Phi) is 11.4. The highest BCUT2D eigenvalue weighted by Gasteiger charge is 2.34. The summed E-state index contributed by atoms with van der Waals surface area (Å²) in [5, 5.41) is 5.83. The second kappa shape index (κ2) is 14.3. The van der Waals surface area contributed by atoms with E-state index in [0.717, 1.165) is 37.1 Å². The number of unbranched alkanes of at least 4 members (excludes halogenated alkanes) is 4. The molecule has 1 aromatic carbocycles. The van der Waals surface area contributed by atoms with Gasteiger partial charge >= 0.3 is 5.97 Å². The first-order valence-corrected chi connectivity index (χ1v) is 11.7. The fraction of sp³-hybridized carbons (Fsp3) is 0.625. The number of nitrogens with one attached hydrogen (secondary N) is 2. The van der Waals surface area contributed by atoms with Crippen LogP contribution in [0.15, 0.2) is 24.3 Å². The number of piperazine rings is 1. The van der Waals surface area contributed by atoms with E-state index in [0.29, 0.717) is 26.3 Å². The van der Waals surface area contributed by atoms with Crippen LogP contribution in [0.4, 0.5) is 5.69 Å². The summed E-state index contributed by atoms with van der Waals surface area (Å²) in [6.45, 7) is 5.93. The zero-order chi connectivity index (χ0) is 23.2. The molecule has 0 aromatic heterocycles. The van der Waals surface area contributed by atoms with Gasteiger partial charge in [-0.25, -0.2) is 0 Å². The van der Waals surface area contributed by atoms with E-state index < -0.39 is 12.0 Å². The van der Waals surface area contributed by atoms with Crippen LogP contribution in [0.3, 0.4) is 0 Å². The third-order valence-corrected chi connectivity index (χ3v) is 5.32. The molecule has 8 heteroatoms. The van der Waals surface area contributed by atoms with Crippen LogP contribution < -0.4 is 15.4 Å². The zero-order valence-electron chi connectivity index (χ0n) is 19.4. The van der Waals surface area contributed by atoms with Gasteiger partial charge < -0.3 is 25.0 Å². The predicted octanol–water partition coefficient (Wildman–Crippen LogP) is 3.12. The molecule has 1 aromatic rings. The Balaban J connectivity index is 1.86. The van der Waals surface area contributed by atoms with Gasteiger partial charge in [-0.3, -0.25) is 14.4 Å². The maximum Gasteiger partial charge on any atom is 0.308 e.